The zero-order valence-corrected chi connectivity index (χ0v) is 11.0. The summed E-state index contributed by atoms with van der Waals surface area (Å²) < 4.78 is 4.62. The Bertz CT molecular complexity index is 512. The molecule has 18 heavy (non-hydrogen) atoms. The first-order valence-electron chi connectivity index (χ1n) is 5.52. The van der Waals surface area contributed by atoms with E-state index in [0.29, 0.717) is 17.0 Å². The molecule has 7 heteroatoms. The molecule has 2 rings (SSSR count). The number of hydrogen-bond acceptors (Lipinski definition) is 6. The molecule has 1 aliphatic rings. The maximum Gasteiger partial charge on any atom is 0.350 e. The Morgan fingerprint density at radius 1 is 1.50 bits per heavy atom. The summed E-state index contributed by atoms with van der Waals surface area (Å²) in [6.45, 7) is 2.10. The molecule has 1 aromatic heterocycles. The van der Waals surface area contributed by atoms with Crippen molar-refractivity contribution in [3.8, 4) is 0 Å². The number of esters is 1. The average Bonchev–Trinajstić information content (AvgIpc) is 2.88. The molecule has 0 bridgehead atoms. The predicted molar refractivity (Wildman–Crippen MR) is 69.8 cm³/mol. The summed E-state index contributed by atoms with van der Waals surface area (Å²) in [5.74, 6) is -0.651. The van der Waals surface area contributed by atoms with Crippen LogP contribution in [0.2, 0.25) is 0 Å². The molecule has 5 N–H and O–H groups in total. The maximum absolute atomic E-state index is 11.5. The number of anilines is 2. The fraction of sp³-hybridized carbons (Fsp3) is 0.455. The molecule has 6 nitrogen and oxygen atoms in total. The van der Waals surface area contributed by atoms with E-state index in [1.165, 1.54) is 7.11 Å². The Morgan fingerprint density at radius 2 is 2.11 bits per heavy atom. The maximum atomic E-state index is 11.5. The summed E-state index contributed by atoms with van der Waals surface area (Å²) in [7, 11) is 1.27. The minimum atomic E-state index is -0.644. The van der Waals surface area contributed by atoms with Crippen LogP contribution in [0.1, 0.15) is 33.4 Å². The van der Waals surface area contributed by atoms with Crippen LogP contribution < -0.4 is 16.8 Å². The van der Waals surface area contributed by atoms with E-state index in [9.17, 15) is 9.59 Å². The Labute approximate surface area is 108 Å². The van der Waals surface area contributed by atoms with Crippen LogP contribution in [0, 0.1) is 5.92 Å². The second-order valence-corrected chi connectivity index (χ2v) is 5.39. The molecular weight excluding hydrogens is 254 g/mol. The summed E-state index contributed by atoms with van der Waals surface area (Å²) in [6, 6.07) is 0.312. The molecule has 1 aromatic rings. The first kappa shape index (κ1) is 12.7. The second kappa shape index (κ2) is 4.49. The van der Waals surface area contributed by atoms with Gasteiger partial charge < -0.3 is 21.5 Å². The van der Waals surface area contributed by atoms with Gasteiger partial charge in [-0.2, -0.15) is 0 Å². The van der Waals surface area contributed by atoms with Gasteiger partial charge in [-0.25, -0.2) is 4.79 Å². The molecule has 1 aliphatic carbocycles. The highest BCUT2D eigenvalue weighted by atomic mass is 32.1. The second-order valence-electron chi connectivity index (χ2n) is 4.37. The zero-order chi connectivity index (χ0) is 13.4. The first-order chi connectivity index (χ1) is 8.45. The van der Waals surface area contributed by atoms with E-state index < -0.39 is 11.9 Å². The van der Waals surface area contributed by atoms with Gasteiger partial charge in [-0.3, -0.25) is 4.79 Å². The summed E-state index contributed by atoms with van der Waals surface area (Å²) in [4.78, 5) is 23.1. The molecule has 2 unspecified atom stereocenters. The fourth-order valence-electron chi connectivity index (χ4n) is 1.73. The summed E-state index contributed by atoms with van der Waals surface area (Å²) >= 11 is 1.11. The van der Waals surface area contributed by atoms with Crippen molar-refractivity contribution in [2.45, 2.75) is 19.4 Å². The number of nitrogen functional groups attached to an aromatic ring is 1. The monoisotopic (exact) mass is 269 g/mol. The quantitative estimate of drug-likeness (QED) is 0.708. The third-order valence-corrected chi connectivity index (χ3v) is 4.11. The van der Waals surface area contributed by atoms with Gasteiger partial charge in [0, 0.05) is 6.04 Å². The summed E-state index contributed by atoms with van der Waals surface area (Å²) in [5, 5.41) is 3.74. The van der Waals surface area contributed by atoms with Gasteiger partial charge in [-0.1, -0.05) is 6.92 Å². The third kappa shape index (κ3) is 2.13. The lowest BCUT2D eigenvalue weighted by molar-refractivity contribution is 0.0607. The summed E-state index contributed by atoms with van der Waals surface area (Å²) in [5.41, 5.74) is 11.4. The fourth-order valence-corrected chi connectivity index (χ4v) is 2.83. The van der Waals surface area contributed by atoms with Gasteiger partial charge in [0.15, 0.2) is 0 Å². The van der Waals surface area contributed by atoms with Crippen LogP contribution in [0.5, 0.6) is 0 Å². The number of carbonyl (C=O) groups is 2. The van der Waals surface area contributed by atoms with E-state index >= 15 is 0 Å². The van der Waals surface area contributed by atoms with E-state index in [1.54, 1.807) is 0 Å². The molecular formula is C11H15N3O3S. The van der Waals surface area contributed by atoms with Gasteiger partial charge in [-0.05, 0) is 12.3 Å². The molecule has 1 fully saturated rings. The van der Waals surface area contributed by atoms with Crippen LogP contribution in [-0.2, 0) is 4.74 Å². The van der Waals surface area contributed by atoms with Crippen molar-refractivity contribution in [3.05, 3.63) is 10.4 Å². The smallest absolute Gasteiger partial charge is 0.350 e. The summed E-state index contributed by atoms with van der Waals surface area (Å²) in [6.07, 6.45) is 1.03. The number of thiophene rings is 1. The van der Waals surface area contributed by atoms with Crippen molar-refractivity contribution in [3.63, 3.8) is 0 Å². The van der Waals surface area contributed by atoms with Crippen molar-refractivity contribution >= 4 is 33.9 Å². The molecule has 2 atom stereocenters. The molecule has 1 heterocycles. The van der Waals surface area contributed by atoms with E-state index in [0.717, 1.165) is 17.8 Å². The SMILES string of the molecule is COC(=O)c1sc(NC2CC2C)c(C(N)=O)c1N. The van der Waals surface area contributed by atoms with Gasteiger partial charge in [0.25, 0.3) is 5.91 Å². The van der Waals surface area contributed by atoms with Gasteiger partial charge in [0.1, 0.15) is 9.88 Å². The molecule has 1 amide bonds. The number of rotatable bonds is 4. The number of nitrogens with one attached hydrogen (secondary N) is 1. The standard InChI is InChI=1S/C11H15N3O3S/c1-4-3-5(4)14-10-6(9(13)15)7(12)8(18-10)11(16)17-2/h4-5,14H,3,12H2,1-2H3,(H2,13,15). The van der Waals surface area contributed by atoms with Crippen molar-refractivity contribution in [1.82, 2.24) is 0 Å². The Hall–Kier alpha value is -1.76. The normalized spacial score (nSPS) is 21.4. The first-order valence-corrected chi connectivity index (χ1v) is 6.34. The number of methoxy groups -OCH3 is 1. The number of amides is 1. The van der Waals surface area contributed by atoms with Crippen molar-refractivity contribution in [2.24, 2.45) is 11.7 Å². The highest BCUT2D eigenvalue weighted by Crippen LogP contribution is 2.40. The molecule has 0 aromatic carbocycles. The van der Waals surface area contributed by atoms with Gasteiger partial charge in [0.05, 0.1) is 18.4 Å². The van der Waals surface area contributed by atoms with Crippen LogP contribution >= 0.6 is 11.3 Å². The Kier molecular flexibility index (Phi) is 3.16. The van der Waals surface area contributed by atoms with Crippen LogP contribution in [0.25, 0.3) is 0 Å². The number of ether oxygens (including phenoxy) is 1. The molecule has 0 spiro atoms. The van der Waals surface area contributed by atoms with Crippen LogP contribution in [0.4, 0.5) is 10.7 Å². The van der Waals surface area contributed by atoms with Crippen LogP contribution in [-0.4, -0.2) is 25.0 Å². The van der Waals surface area contributed by atoms with Gasteiger partial charge >= 0.3 is 5.97 Å². The number of nitrogens with two attached hydrogens (primary N) is 2. The van der Waals surface area contributed by atoms with Crippen molar-refractivity contribution in [2.75, 3.05) is 18.2 Å². The van der Waals surface area contributed by atoms with E-state index in [-0.39, 0.29) is 16.1 Å². The van der Waals surface area contributed by atoms with Gasteiger partial charge in [-0.15, -0.1) is 11.3 Å². The largest absolute Gasteiger partial charge is 0.465 e. The van der Waals surface area contributed by atoms with Crippen molar-refractivity contribution in [1.29, 1.82) is 0 Å². The lowest BCUT2D eigenvalue weighted by atomic mass is 10.2. The number of hydrogen-bond donors (Lipinski definition) is 3. The zero-order valence-electron chi connectivity index (χ0n) is 10.1. The van der Waals surface area contributed by atoms with E-state index in [4.69, 9.17) is 11.5 Å². The van der Waals surface area contributed by atoms with E-state index in [1.807, 2.05) is 0 Å². The van der Waals surface area contributed by atoms with Gasteiger partial charge in [0.2, 0.25) is 0 Å². The van der Waals surface area contributed by atoms with Crippen LogP contribution in [0.3, 0.4) is 0 Å². The Morgan fingerprint density at radius 3 is 2.56 bits per heavy atom. The topological polar surface area (TPSA) is 107 Å². The molecule has 0 radical (unpaired) electrons. The number of carbonyl (C=O) groups excluding carboxylic acids is 2. The minimum absolute atomic E-state index is 0.0927. The Balaban J connectivity index is 2.37. The lowest BCUT2D eigenvalue weighted by Crippen LogP contribution is -2.16. The molecule has 0 aliphatic heterocycles. The molecule has 0 saturated heterocycles. The third-order valence-electron chi connectivity index (χ3n) is 2.99. The predicted octanol–water partition coefficient (Wildman–Crippen LogP) is 1.04. The number of primary amides is 1. The average molecular weight is 269 g/mol. The molecule has 98 valence electrons. The van der Waals surface area contributed by atoms with E-state index in [2.05, 4.69) is 17.0 Å². The van der Waals surface area contributed by atoms with Crippen LogP contribution in [0.15, 0.2) is 0 Å². The lowest BCUT2D eigenvalue weighted by Gasteiger charge is -2.03. The minimum Gasteiger partial charge on any atom is -0.465 e. The molecule has 1 saturated carbocycles. The highest BCUT2D eigenvalue weighted by molar-refractivity contribution is 7.19. The van der Waals surface area contributed by atoms with Crippen molar-refractivity contribution < 1.29 is 14.3 Å². The highest BCUT2D eigenvalue weighted by Gasteiger charge is 2.35.